The maximum absolute atomic E-state index is 12.0. The molecular weight excluding hydrogens is 286 g/mol. The van der Waals surface area contributed by atoms with Crippen molar-refractivity contribution in [3.8, 4) is 11.5 Å². The highest BCUT2D eigenvalue weighted by Gasteiger charge is 2.25. The van der Waals surface area contributed by atoms with Crippen molar-refractivity contribution in [1.29, 1.82) is 0 Å². The summed E-state index contributed by atoms with van der Waals surface area (Å²) in [5, 5.41) is 0. The van der Waals surface area contributed by atoms with Crippen molar-refractivity contribution in [2.24, 2.45) is 0 Å². The zero-order valence-electron chi connectivity index (χ0n) is 13.0. The maximum Gasteiger partial charge on any atom is 0.313 e. The van der Waals surface area contributed by atoms with Crippen LogP contribution in [0.15, 0.2) is 12.1 Å². The van der Waals surface area contributed by atoms with Crippen LogP contribution in [0.2, 0.25) is 0 Å². The number of rotatable bonds is 6. The van der Waals surface area contributed by atoms with E-state index in [0.29, 0.717) is 11.5 Å². The first-order valence-electron chi connectivity index (χ1n) is 7.02. The van der Waals surface area contributed by atoms with Crippen LogP contribution in [-0.4, -0.2) is 45.3 Å². The van der Waals surface area contributed by atoms with Gasteiger partial charge in [-0.15, -0.1) is 0 Å². The highest BCUT2D eigenvalue weighted by atomic mass is 16.5. The van der Waals surface area contributed by atoms with Gasteiger partial charge in [0.1, 0.15) is 13.0 Å². The second-order valence-corrected chi connectivity index (χ2v) is 4.99. The standard InChI is InChI=1S/C16H19NO5/c1-20-14-6-10-4-5-17-13(12(10)9-15(14)21-2)7-11(18)8-16(19)22-3/h6,9H,4-5,7-8H2,1-3H3/p+1. The van der Waals surface area contributed by atoms with Gasteiger partial charge in [0.25, 0.3) is 0 Å². The molecule has 1 aliphatic rings. The van der Waals surface area contributed by atoms with E-state index in [9.17, 15) is 9.59 Å². The molecule has 0 fully saturated rings. The van der Waals surface area contributed by atoms with E-state index in [1.54, 1.807) is 14.2 Å². The van der Waals surface area contributed by atoms with Crippen molar-refractivity contribution >= 4 is 17.5 Å². The SMILES string of the molecule is COC(=O)CC(=O)CC1=[NH+]CCc2cc(OC)c(OC)cc21. The predicted octanol–water partition coefficient (Wildman–Crippen LogP) is -0.348. The van der Waals surface area contributed by atoms with Gasteiger partial charge in [-0.1, -0.05) is 0 Å². The molecule has 0 atom stereocenters. The summed E-state index contributed by atoms with van der Waals surface area (Å²) < 4.78 is 15.1. The number of carbonyl (C=O) groups excluding carboxylic acids is 2. The van der Waals surface area contributed by atoms with Crippen molar-refractivity contribution in [3.05, 3.63) is 23.3 Å². The molecule has 1 aromatic rings. The van der Waals surface area contributed by atoms with E-state index >= 15 is 0 Å². The van der Waals surface area contributed by atoms with Crippen LogP contribution in [0, 0.1) is 0 Å². The first kappa shape index (κ1) is 16.0. The lowest BCUT2D eigenvalue weighted by atomic mass is 9.93. The minimum atomic E-state index is -0.519. The van der Waals surface area contributed by atoms with Crippen LogP contribution < -0.4 is 14.5 Å². The van der Waals surface area contributed by atoms with Gasteiger partial charge in [0.05, 0.1) is 27.8 Å². The average Bonchev–Trinajstić information content (AvgIpc) is 2.53. The molecule has 2 rings (SSSR count). The number of esters is 1. The summed E-state index contributed by atoms with van der Waals surface area (Å²) in [7, 11) is 4.44. The van der Waals surface area contributed by atoms with Crippen molar-refractivity contribution in [3.63, 3.8) is 0 Å². The normalized spacial score (nSPS) is 13.0. The molecule has 0 aliphatic carbocycles. The van der Waals surface area contributed by atoms with Gasteiger partial charge in [-0.2, -0.15) is 0 Å². The molecule has 6 heteroatoms. The summed E-state index contributed by atoms with van der Waals surface area (Å²) in [6.45, 7) is 0.739. The van der Waals surface area contributed by atoms with E-state index in [2.05, 4.69) is 9.73 Å². The van der Waals surface area contributed by atoms with Crippen LogP contribution in [0.5, 0.6) is 11.5 Å². The predicted molar refractivity (Wildman–Crippen MR) is 79.4 cm³/mol. The molecule has 0 saturated carbocycles. The van der Waals surface area contributed by atoms with E-state index in [4.69, 9.17) is 9.47 Å². The third kappa shape index (κ3) is 3.44. The second kappa shape index (κ2) is 7.06. The Bertz CT molecular complexity index is 621. The fourth-order valence-corrected chi connectivity index (χ4v) is 2.50. The molecular formula is C16H20NO5+. The lowest BCUT2D eigenvalue weighted by Gasteiger charge is -2.16. The minimum absolute atomic E-state index is 0.164. The van der Waals surface area contributed by atoms with E-state index in [-0.39, 0.29) is 18.6 Å². The van der Waals surface area contributed by atoms with Crippen molar-refractivity contribution in [1.82, 2.24) is 0 Å². The van der Waals surface area contributed by atoms with Crippen LogP contribution in [0.4, 0.5) is 0 Å². The Labute approximate surface area is 129 Å². The number of benzene rings is 1. The monoisotopic (exact) mass is 306 g/mol. The molecule has 0 unspecified atom stereocenters. The largest absolute Gasteiger partial charge is 0.493 e. The van der Waals surface area contributed by atoms with Crippen LogP contribution in [0.3, 0.4) is 0 Å². The lowest BCUT2D eigenvalue weighted by Crippen LogP contribution is -2.75. The number of nitrogens with one attached hydrogen (secondary N) is 1. The topological polar surface area (TPSA) is 75.8 Å². The van der Waals surface area contributed by atoms with Crippen LogP contribution in [0.25, 0.3) is 0 Å². The summed E-state index contributed by atoms with van der Waals surface area (Å²) in [4.78, 5) is 26.4. The van der Waals surface area contributed by atoms with Gasteiger partial charge >= 0.3 is 5.97 Å². The summed E-state index contributed by atoms with van der Waals surface area (Å²) in [5.74, 6) is 0.581. The number of ether oxygens (including phenoxy) is 3. The quantitative estimate of drug-likeness (QED) is 0.574. The highest BCUT2D eigenvalue weighted by molar-refractivity contribution is 6.12. The highest BCUT2D eigenvalue weighted by Crippen LogP contribution is 2.31. The molecule has 118 valence electrons. The van der Waals surface area contributed by atoms with E-state index in [1.165, 1.54) is 7.11 Å². The number of ketones is 1. The minimum Gasteiger partial charge on any atom is -0.493 e. The molecule has 0 saturated heterocycles. The Morgan fingerprint density at radius 1 is 1.14 bits per heavy atom. The Morgan fingerprint density at radius 2 is 1.82 bits per heavy atom. The Balaban J connectivity index is 2.24. The zero-order chi connectivity index (χ0) is 16.1. The van der Waals surface area contributed by atoms with Gasteiger partial charge in [0, 0.05) is 12.0 Å². The molecule has 22 heavy (non-hydrogen) atoms. The number of Topliss-reactive ketones (excluding diaryl/α,β-unsaturated/α-hetero) is 1. The van der Waals surface area contributed by atoms with Crippen LogP contribution in [-0.2, 0) is 20.7 Å². The van der Waals surface area contributed by atoms with Gasteiger partial charge in [0.15, 0.2) is 23.0 Å². The van der Waals surface area contributed by atoms with Gasteiger partial charge in [0.2, 0.25) is 0 Å². The van der Waals surface area contributed by atoms with Crippen molar-refractivity contribution in [2.75, 3.05) is 27.9 Å². The second-order valence-electron chi connectivity index (χ2n) is 4.99. The van der Waals surface area contributed by atoms with Gasteiger partial charge in [-0.3, -0.25) is 9.59 Å². The summed E-state index contributed by atoms with van der Waals surface area (Å²) in [6.07, 6.45) is 0.784. The van der Waals surface area contributed by atoms with Gasteiger partial charge in [-0.25, -0.2) is 4.99 Å². The average molecular weight is 306 g/mol. The van der Waals surface area contributed by atoms with Gasteiger partial charge in [-0.05, 0) is 17.7 Å². The molecule has 1 N–H and O–H groups in total. The van der Waals surface area contributed by atoms with Crippen LogP contribution in [0.1, 0.15) is 24.0 Å². The molecule has 0 aromatic heterocycles. The Kier molecular flexibility index (Phi) is 5.14. The fraction of sp³-hybridized carbons (Fsp3) is 0.438. The first-order valence-corrected chi connectivity index (χ1v) is 7.02. The Morgan fingerprint density at radius 3 is 2.45 bits per heavy atom. The first-order chi connectivity index (χ1) is 10.6. The van der Waals surface area contributed by atoms with Crippen molar-refractivity contribution in [2.45, 2.75) is 19.3 Å². The third-order valence-electron chi connectivity index (χ3n) is 3.61. The number of hydrogen-bond acceptors (Lipinski definition) is 5. The summed E-state index contributed by atoms with van der Waals surface area (Å²) in [6, 6.07) is 3.79. The smallest absolute Gasteiger partial charge is 0.313 e. The summed E-state index contributed by atoms with van der Waals surface area (Å²) in [5.41, 5.74) is 2.83. The van der Waals surface area contributed by atoms with E-state index in [0.717, 1.165) is 29.8 Å². The number of hydrogen-bond donors (Lipinski definition) is 1. The zero-order valence-corrected chi connectivity index (χ0v) is 13.0. The molecule has 6 nitrogen and oxygen atoms in total. The molecule has 0 amide bonds. The Hall–Kier alpha value is -2.37. The van der Waals surface area contributed by atoms with Crippen molar-refractivity contribution < 1.29 is 28.8 Å². The fourth-order valence-electron chi connectivity index (χ4n) is 2.50. The molecule has 0 spiro atoms. The summed E-state index contributed by atoms with van der Waals surface area (Å²) >= 11 is 0. The number of methoxy groups -OCH3 is 3. The van der Waals surface area contributed by atoms with Gasteiger partial charge < -0.3 is 14.2 Å². The molecule has 0 radical (unpaired) electrons. The molecule has 0 bridgehead atoms. The van der Waals surface area contributed by atoms with E-state index < -0.39 is 5.97 Å². The third-order valence-corrected chi connectivity index (χ3v) is 3.61. The number of fused-ring (bicyclic) bond motifs is 1. The number of carbonyl (C=O) groups is 2. The van der Waals surface area contributed by atoms with E-state index in [1.807, 2.05) is 12.1 Å². The maximum atomic E-state index is 12.0. The lowest BCUT2D eigenvalue weighted by molar-refractivity contribution is -0.458. The molecule has 1 aromatic carbocycles. The van der Waals surface area contributed by atoms with Crippen LogP contribution >= 0.6 is 0 Å². The molecule has 1 aliphatic heterocycles. The molecule has 1 heterocycles.